The Morgan fingerprint density at radius 3 is 2.64 bits per heavy atom. The summed E-state index contributed by atoms with van der Waals surface area (Å²) < 4.78 is 0. The van der Waals surface area contributed by atoms with Crippen LogP contribution in [0.1, 0.15) is 25.8 Å². The molecule has 0 radical (unpaired) electrons. The lowest BCUT2D eigenvalue weighted by atomic mass is 10.1. The minimum atomic E-state index is 0. The average Bonchev–Trinajstić information content (AvgIpc) is 2.99. The molecule has 1 aliphatic heterocycles. The molecule has 1 aromatic rings. The van der Waals surface area contributed by atoms with Crippen LogP contribution in [0.5, 0.6) is 0 Å². The van der Waals surface area contributed by atoms with Gasteiger partial charge in [0.05, 0.1) is 5.92 Å². The Morgan fingerprint density at radius 1 is 1.32 bits per heavy atom. The van der Waals surface area contributed by atoms with Crippen molar-refractivity contribution >= 4 is 36.4 Å². The molecule has 1 unspecified atom stereocenters. The molecule has 0 saturated carbocycles. The van der Waals surface area contributed by atoms with Gasteiger partial charge in [-0.15, -0.1) is 24.8 Å². The van der Waals surface area contributed by atoms with E-state index in [4.69, 9.17) is 0 Å². The third-order valence-electron chi connectivity index (χ3n) is 3.93. The lowest BCUT2D eigenvalue weighted by Gasteiger charge is -2.18. The highest BCUT2D eigenvalue weighted by atomic mass is 35.5. The standard InChI is InChI=1S/C16H25N3O.2ClH/c1-3-19(4-2)12-13-6-5-7-15(10-13)18-16(20)14-8-9-17-11-14;;/h5-7,10,14,17H,3-4,8-9,11-12H2,1-2H3,(H,18,20);2*1H. The first-order valence-corrected chi connectivity index (χ1v) is 7.55. The van der Waals surface area contributed by atoms with Crippen molar-refractivity contribution in [2.75, 3.05) is 31.5 Å². The van der Waals surface area contributed by atoms with Crippen LogP contribution in [0.15, 0.2) is 24.3 Å². The molecular weight excluding hydrogens is 321 g/mol. The third-order valence-corrected chi connectivity index (χ3v) is 3.93. The van der Waals surface area contributed by atoms with E-state index in [0.29, 0.717) is 0 Å². The first-order chi connectivity index (χ1) is 9.72. The number of amides is 1. The second-order valence-electron chi connectivity index (χ2n) is 5.34. The highest BCUT2D eigenvalue weighted by Gasteiger charge is 2.22. The number of carbonyl (C=O) groups is 1. The van der Waals surface area contributed by atoms with Gasteiger partial charge in [0.1, 0.15) is 0 Å². The molecule has 1 atom stereocenters. The van der Waals surface area contributed by atoms with Gasteiger partial charge in [-0.25, -0.2) is 0 Å². The van der Waals surface area contributed by atoms with Gasteiger partial charge in [0, 0.05) is 18.8 Å². The van der Waals surface area contributed by atoms with E-state index < -0.39 is 0 Å². The van der Waals surface area contributed by atoms with Gasteiger partial charge in [-0.1, -0.05) is 26.0 Å². The van der Waals surface area contributed by atoms with Crippen LogP contribution < -0.4 is 10.6 Å². The van der Waals surface area contributed by atoms with Crippen LogP contribution in [0.2, 0.25) is 0 Å². The van der Waals surface area contributed by atoms with E-state index in [2.05, 4.69) is 41.5 Å². The molecule has 2 N–H and O–H groups in total. The van der Waals surface area contributed by atoms with E-state index in [0.717, 1.165) is 44.8 Å². The zero-order valence-electron chi connectivity index (χ0n) is 13.3. The molecule has 22 heavy (non-hydrogen) atoms. The van der Waals surface area contributed by atoms with Gasteiger partial charge >= 0.3 is 0 Å². The topological polar surface area (TPSA) is 44.4 Å². The first-order valence-electron chi connectivity index (χ1n) is 7.55. The van der Waals surface area contributed by atoms with Crippen LogP contribution in [0, 0.1) is 5.92 Å². The second kappa shape index (κ2) is 10.8. The van der Waals surface area contributed by atoms with Crippen molar-refractivity contribution < 1.29 is 4.79 Å². The number of hydrogen-bond donors (Lipinski definition) is 2. The third kappa shape index (κ3) is 6.13. The quantitative estimate of drug-likeness (QED) is 0.831. The maximum absolute atomic E-state index is 12.1. The van der Waals surface area contributed by atoms with Gasteiger partial charge in [-0.2, -0.15) is 0 Å². The van der Waals surface area contributed by atoms with E-state index in [1.165, 1.54) is 5.56 Å². The number of benzene rings is 1. The lowest BCUT2D eigenvalue weighted by molar-refractivity contribution is -0.119. The van der Waals surface area contributed by atoms with Crippen LogP contribution in [0.3, 0.4) is 0 Å². The number of rotatable bonds is 6. The van der Waals surface area contributed by atoms with Crippen molar-refractivity contribution in [2.24, 2.45) is 5.92 Å². The summed E-state index contributed by atoms with van der Waals surface area (Å²) in [6.45, 7) is 9.10. The van der Waals surface area contributed by atoms with Crippen LogP contribution in [-0.2, 0) is 11.3 Å². The molecule has 0 aliphatic carbocycles. The predicted molar refractivity (Wildman–Crippen MR) is 97.2 cm³/mol. The Hall–Kier alpha value is -0.810. The summed E-state index contributed by atoms with van der Waals surface area (Å²) in [6.07, 6.45) is 0.935. The minimum absolute atomic E-state index is 0. The van der Waals surface area contributed by atoms with Crippen molar-refractivity contribution in [2.45, 2.75) is 26.8 Å². The summed E-state index contributed by atoms with van der Waals surface area (Å²) in [5.74, 6) is 0.247. The Labute approximate surface area is 145 Å². The molecule has 4 nitrogen and oxygen atoms in total. The molecule has 6 heteroatoms. The maximum atomic E-state index is 12.1. The Bertz CT molecular complexity index is 447. The lowest BCUT2D eigenvalue weighted by Crippen LogP contribution is -2.25. The normalized spacial score (nSPS) is 16.8. The zero-order valence-corrected chi connectivity index (χ0v) is 14.9. The number of nitrogens with one attached hydrogen (secondary N) is 2. The van der Waals surface area contributed by atoms with Gasteiger partial charge in [-0.3, -0.25) is 9.69 Å². The van der Waals surface area contributed by atoms with E-state index >= 15 is 0 Å². The molecular formula is C16H27Cl2N3O. The number of halogens is 2. The molecule has 1 saturated heterocycles. The van der Waals surface area contributed by atoms with Gasteiger partial charge in [0.2, 0.25) is 5.91 Å². The molecule has 1 amide bonds. The highest BCUT2D eigenvalue weighted by molar-refractivity contribution is 5.92. The van der Waals surface area contributed by atoms with Crippen LogP contribution >= 0.6 is 24.8 Å². The maximum Gasteiger partial charge on any atom is 0.228 e. The molecule has 2 rings (SSSR count). The second-order valence-corrected chi connectivity index (χ2v) is 5.34. The molecule has 1 aromatic carbocycles. The van der Waals surface area contributed by atoms with Gasteiger partial charge in [0.15, 0.2) is 0 Å². The van der Waals surface area contributed by atoms with E-state index in [-0.39, 0.29) is 36.6 Å². The summed E-state index contributed by atoms with van der Waals surface area (Å²) in [4.78, 5) is 14.5. The number of hydrogen-bond acceptors (Lipinski definition) is 3. The summed E-state index contributed by atoms with van der Waals surface area (Å²) in [6, 6.07) is 8.18. The summed E-state index contributed by atoms with van der Waals surface area (Å²) in [7, 11) is 0. The fourth-order valence-electron chi connectivity index (χ4n) is 2.58. The smallest absolute Gasteiger partial charge is 0.228 e. The zero-order chi connectivity index (χ0) is 14.4. The van der Waals surface area contributed by atoms with Gasteiger partial charge in [0.25, 0.3) is 0 Å². The van der Waals surface area contributed by atoms with Crippen molar-refractivity contribution in [3.63, 3.8) is 0 Å². The first kappa shape index (κ1) is 21.2. The average molecular weight is 348 g/mol. The van der Waals surface area contributed by atoms with E-state index in [1.54, 1.807) is 0 Å². The Balaban J connectivity index is 0.00000220. The van der Waals surface area contributed by atoms with Crippen molar-refractivity contribution in [3.8, 4) is 0 Å². The fraction of sp³-hybridized carbons (Fsp3) is 0.562. The highest BCUT2D eigenvalue weighted by Crippen LogP contribution is 2.15. The van der Waals surface area contributed by atoms with Crippen LogP contribution in [0.4, 0.5) is 5.69 Å². The Kier molecular flexibility index (Phi) is 10.4. The molecule has 1 heterocycles. The molecule has 126 valence electrons. The van der Waals surface area contributed by atoms with Crippen molar-refractivity contribution in [3.05, 3.63) is 29.8 Å². The number of nitrogens with zero attached hydrogens (tertiary/aromatic N) is 1. The monoisotopic (exact) mass is 347 g/mol. The SMILES string of the molecule is CCN(CC)Cc1cccc(NC(=O)C2CCNC2)c1.Cl.Cl. The largest absolute Gasteiger partial charge is 0.326 e. The minimum Gasteiger partial charge on any atom is -0.326 e. The van der Waals surface area contributed by atoms with E-state index in [9.17, 15) is 4.79 Å². The van der Waals surface area contributed by atoms with Crippen LogP contribution in [-0.4, -0.2) is 37.0 Å². The van der Waals surface area contributed by atoms with Gasteiger partial charge in [-0.05, 0) is 43.8 Å². The molecule has 1 fully saturated rings. The van der Waals surface area contributed by atoms with E-state index in [1.807, 2.05) is 12.1 Å². The fourth-order valence-corrected chi connectivity index (χ4v) is 2.58. The van der Waals surface area contributed by atoms with Gasteiger partial charge < -0.3 is 10.6 Å². The van der Waals surface area contributed by atoms with Crippen LogP contribution in [0.25, 0.3) is 0 Å². The summed E-state index contributed by atoms with van der Waals surface area (Å²) in [5.41, 5.74) is 2.16. The number of carbonyl (C=O) groups excluding carboxylic acids is 1. The Morgan fingerprint density at radius 2 is 2.05 bits per heavy atom. The number of anilines is 1. The summed E-state index contributed by atoms with van der Waals surface area (Å²) in [5, 5.41) is 6.26. The molecule has 1 aliphatic rings. The van der Waals surface area contributed by atoms with Crippen molar-refractivity contribution in [1.29, 1.82) is 0 Å². The molecule has 0 spiro atoms. The predicted octanol–water partition coefficient (Wildman–Crippen LogP) is 2.92. The summed E-state index contributed by atoms with van der Waals surface area (Å²) >= 11 is 0. The molecule has 0 bridgehead atoms. The van der Waals surface area contributed by atoms with Crippen molar-refractivity contribution in [1.82, 2.24) is 10.2 Å². The molecule has 0 aromatic heterocycles.